The normalized spacial score (nSPS) is 15.4. The minimum absolute atomic E-state index is 0.165. The Bertz CT molecular complexity index is 470. The number of carbonyl (C=O) groups excluding carboxylic acids is 2. The largest absolute Gasteiger partial charge is 0.454 e. The third-order valence-electron chi connectivity index (χ3n) is 2.98. The zero-order valence-electron chi connectivity index (χ0n) is 10.9. The molecule has 1 aromatic heterocycles. The van der Waals surface area contributed by atoms with Crippen LogP contribution in [0.2, 0.25) is 0 Å². The van der Waals surface area contributed by atoms with Crippen LogP contribution in [-0.4, -0.2) is 28.6 Å². The maximum Gasteiger partial charge on any atom is 0.341 e. The summed E-state index contributed by atoms with van der Waals surface area (Å²) in [5.74, 6) is -0.633. The van der Waals surface area contributed by atoms with E-state index in [1.54, 1.807) is 30.1 Å². The molecule has 2 rings (SSSR count). The molecular weight excluding hydrogens is 262 g/mol. The number of Topliss-reactive ketones (excluding diaryl/α,β-unsaturated/α-hetero) is 1. The molecule has 4 nitrogen and oxygen atoms in total. The molecular formula is C14H17NO3S. The Morgan fingerprint density at radius 2 is 2.16 bits per heavy atom. The van der Waals surface area contributed by atoms with Crippen molar-refractivity contribution in [1.82, 2.24) is 4.98 Å². The van der Waals surface area contributed by atoms with E-state index >= 15 is 0 Å². The Balaban J connectivity index is 2.06. The monoisotopic (exact) mass is 279 g/mol. The van der Waals surface area contributed by atoms with Crippen molar-refractivity contribution in [2.24, 2.45) is 0 Å². The predicted molar refractivity (Wildman–Crippen MR) is 73.3 cm³/mol. The van der Waals surface area contributed by atoms with Crippen molar-refractivity contribution in [2.45, 2.75) is 42.9 Å². The van der Waals surface area contributed by atoms with Gasteiger partial charge in [-0.2, -0.15) is 0 Å². The number of pyridine rings is 1. The Morgan fingerprint density at radius 1 is 1.42 bits per heavy atom. The standard InChI is InChI=1S/C14H17NO3S/c1-10(16)9-18-14(17)12-7-4-8-15-13(12)19-11-5-2-3-6-11/h4,7-8,11H,2-3,5-6,9H2,1H3. The molecule has 0 bridgehead atoms. The van der Waals surface area contributed by atoms with E-state index in [1.165, 1.54) is 32.6 Å². The van der Waals surface area contributed by atoms with Crippen LogP contribution in [0.1, 0.15) is 43.0 Å². The molecule has 0 spiro atoms. The van der Waals surface area contributed by atoms with Crippen molar-refractivity contribution in [3.63, 3.8) is 0 Å². The van der Waals surface area contributed by atoms with Crippen molar-refractivity contribution in [2.75, 3.05) is 6.61 Å². The van der Waals surface area contributed by atoms with Gasteiger partial charge in [-0.05, 0) is 31.9 Å². The molecule has 1 fully saturated rings. The van der Waals surface area contributed by atoms with Crippen molar-refractivity contribution in [3.8, 4) is 0 Å². The molecule has 0 N–H and O–H groups in total. The molecule has 1 aliphatic carbocycles. The lowest BCUT2D eigenvalue weighted by molar-refractivity contribution is -0.120. The quantitative estimate of drug-likeness (QED) is 0.776. The lowest BCUT2D eigenvalue weighted by atomic mass is 10.3. The van der Waals surface area contributed by atoms with E-state index in [2.05, 4.69) is 4.98 Å². The molecule has 0 unspecified atom stereocenters. The number of ether oxygens (including phenoxy) is 1. The predicted octanol–water partition coefficient (Wildman–Crippen LogP) is 2.86. The van der Waals surface area contributed by atoms with Gasteiger partial charge in [-0.15, -0.1) is 11.8 Å². The highest BCUT2D eigenvalue weighted by Crippen LogP contribution is 2.35. The fourth-order valence-electron chi connectivity index (χ4n) is 2.05. The van der Waals surface area contributed by atoms with Gasteiger partial charge in [-0.25, -0.2) is 9.78 Å². The molecule has 1 aliphatic rings. The van der Waals surface area contributed by atoms with Gasteiger partial charge in [0.05, 0.1) is 5.56 Å². The van der Waals surface area contributed by atoms with Crippen LogP contribution in [-0.2, 0) is 9.53 Å². The number of esters is 1. The van der Waals surface area contributed by atoms with E-state index < -0.39 is 5.97 Å². The van der Waals surface area contributed by atoms with Crippen LogP contribution in [0.4, 0.5) is 0 Å². The van der Waals surface area contributed by atoms with Crippen molar-refractivity contribution < 1.29 is 14.3 Å². The summed E-state index contributed by atoms with van der Waals surface area (Å²) in [4.78, 5) is 27.0. The fourth-order valence-corrected chi connectivity index (χ4v) is 3.33. The molecule has 1 heterocycles. The van der Waals surface area contributed by atoms with Gasteiger partial charge in [0.15, 0.2) is 5.78 Å². The number of carbonyl (C=O) groups is 2. The van der Waals surface area contributed by atoms with Crippen molar-refractivity contribution in [1.29, 1.82) is 0 Å². The Kier molecular flexibility index (Phi) is 4.96. The third-order valence-corrected chi connectivity index (χ3v) is 4.33. The van der Waals surface area contributed by atoms with Gasteiger partial charge in [-0.3, -0.25) is 4.79 Å². The van der Waals surface area contributed by atoms with E-state index in [0.717, 1.165) is 0 Å². The molecule has 0 saturated heterocycles. The Hall–Kier alpha value is -1.36. The average Bonchev–Trinajstić information content (AvgIpc) is 2.89. The summed E-state index contributed by atoms with van der Waals surface area (Å²) in [6.45, 7) is 1.21. The Labute approximate surface area is 116 Å². The number of hydrogen-bond donors (Lipinski definition) is 0. The summed E-state index contributed by atoms with van der Waals surface area (Å²) in [7, 11) is 0. The maximum absolute atomic E-state index is 11.9. The van der Waals surface area contributed by atoms with Gasteiger partial charge in [-0.1, -0.05) is 12.8 Å². The second-order valence-corrected chi connectivity index (χ2v) is 5.95. The van der Waals surface area contributed by atoms with E-state index in [9.17, 15) is 9.59 Å². The molecule has 102 valence electrons. The minimum atomic E-state index is -0.469. The van der Waals surface area contributed by atoms with Gasteiger partial charge < -0.3 is 4.74 Å². The zero-order chi connectivity index (χ0) is 13.7. The molecule has 1 saturated carbocycles. The summed E-state index contributed by atoms with van der Waals surface area (Å²) in [6, 6.07) is 3.41. The molecule has 0 radical (unpaired) electrons. The summed E-state index contributed by atoms with van der Waals surface area (Å²) >= 11 is 1.64. The van der Waals surface area contributed by atoms with Gasteiger partial charge in [0.2, 0.25) is 0 Å². The van der Waals surface area contributed by atoms with E-state index in [0.29, 0.717) is 15.8 Å². The first kappa shape index (κ1) is 14.1. The SMILES string of the molecule is CC(=O)COC(=O)c1cccnc1SC1CCCC1. The van der Waals surface area contributed by atoms with Crippen molar-refractivity contribution >= 4 is 23.5 Å². The number of hydrogen-bond acceptors (Lipinski definition) is 5. The van der Waals surface area contributed by atoms with Crippen LogP contribution in [0.5, 0.6) is 0 Å². The summed E-state index contributed by atoms with van der Waals surface area (Å²) in [5, 5.41) is 1.25. The summed E-state index contributed by atoms with van der Waals surface area (Å²) in [5.41, 5.74) is 0.459. The first-order chi connectivity index (χ1) is 9.16. The highest BCUT2D eigenvalue weighted by atomic mass is 32.2. The topological polar surface area (TPSA) is 56.3 Å². The van der Waals surface area contributed by atoms with E-state index in [4.69, 9.17) is 4.74 Å². The molecule has 19 heavy (non-hydrogen) atoms. The first-order valence-electron chi connectivity index (χ1n) is 6.45. The first-order valence-corrected chi connectivity index (χ1v) is 7.33. The van der Waals surface area contributed by atoms with Crippen molar-refractivity contribution in [3.05, 3.63) is 23.9 Å². The molecule has 0 atom stereocenters. The Morgan fingerprint density at radius 3 is 2.84 bits per heavy atom. The van der Waals surface area contributed by atoms with Crippen LogP contribution in [0.25, 0.3) is 0 Å². The maximum atomic E-state index is 11.9. The van der Waals surface area contributed by atoms with Gasteiger partial charge >= 0.3 is 5.97 Å². The molecule has 0 aromatic carbocycles. The summed E-state index contributed by atoms with van der Waals surface area (Å²) in [6.07, 6.45) is 6.51. The highest BCUT2D eigenvalue weighted by molar-refractivity contribution is 7.99. The summed E-state index contributed by atoms with van der Waals surface area (Å²) < 4.78 is 4.95. The molecule has 0 amide bonds. The smallest absolute Gasteiger partial charge is 0.341 e. The number of thioether (sulfide) groups is 1. The average molecular weight is 279 g/mol. The van der Waals surface area contributed by atoms with Crippen LogP contribution in [0.3, 0.4) is 0 Å². The highest BCUT2D eigenvalue weighted by Gasteiger charge is 2.21. The number of nitrogens with zero attached hydrogens (tertiary/aromatic N) is 1. The lowest BCUT2D eigenvalue weighted by Crippen LogP contribution is -2.13. The second kappa shape index (κ2) is 6.70. The zero-order valence-corrected chi connectivity index (χ0v) is 11.7. The van der Waals surface area contributed by atoms with Gasteiger partial charge in [0.25, 0.3) is 0 Å². The number of rotatable bonds is 5. The lowest BCUT2D eigenvalue weighted by Gasteiger charge is -2.11. The van der Waals surface area contributed by atoms with Gasteiger partial charge in [0.1, 0.15) is 11.6 Å². The second-order valence-electron chi connectivity index (χ2n) is 4.66. The fraction of sp³-hybridized carbons (Fsp3) is 0.500. The van der Waals surface area contributed by atoms with Crippen LogP contribution in [0, 0.1) is 0 Å². The van der Waals surface area contributed by atoms with Crippen LogP contribution < -0.4 is 0 Å². The molecule has 5 heteroatoms. The van der Waals surface area contributed by atoms with Crippen LogP contribution in [0.15, 0.2) is 23.4 Å². The van der Waals surface area contributed by atoms with Gasteiger partial charge in [0, 0.05) is 11.4 Å². The van der Waals surface area contributed by atoms with E-state index in [1.807, 2.05) is 0 Å². The third kappa shape index (κ3) is 4.06. The minimum Gasteiger partial charge on any atom is -0.454 e. The molecule has 1 aromatic rings. The van der Waals surface area contributed by atoms with E-state index in [-0.39, 0.29) is 12.4 Å². The van der Waals surface area contributed by atoms with Crippen LogP contribution >= 0.6 is 11.8 Å². The number of ketones is 1. The number of aromatic nitrogens is 1. The molecule has 0 aliphatic heterocycles.